The summed E-state index contributed by atoms with van der Waals surface area (Å²) in [6.07, 6.45) is 0.359. The van der Waals surface area contributed by atoms with Crippen molar-refractivity contribution in [1.82, 2.24) is 15.3 Å². The Bertz CT molecular complexity index is 867. The molecule has 134 valence electrons. The van der Waals surface area contributed by atoms with Gasteiger partial charge in [-0.05, 0) is 18.1 Å². The molecule has 3 rings (SSSR count). The molecule has 0 bridgehead atoms. The number of nitrogens with one attached hydrogen (secondary N) is 2. The lowest BCUT2D eigenvalue weighted by Gasteiger charge is -2.20. The van der Waals surface area contributed by atoms with Crippen LogP contribution in [-0.4, -0.2) is 21.7 Å². The fourth-order valence-electron chi connectivity index (χ4n) is 2.91. The quantitative estimate of drug-likeness (QED) is 0.632. The van der Waals surface area contributed by atoms with E-state index in [0.717, 1.165) is 16.9 Å². The van der Waals surface area contributed by atoms with Crippen LogP contribution in [0.4, 0.5) is 0 Å². The summed E-state index contributed by atoms with van der Waals surface area (Å²) in [5.74, 6) is 0.743. The Morgan fingerprint density at radius 3 is 2.38 bits per heavy atom. The second-order valence-electron chi connectivity index (χ2n) is 6.72. The van der Waals surface area contributed by atoms with E-state index < -0.39 is 0 Å². The molecule has 3 aromatic rings. The molecular weight excluding hydrogens is 326 g/mol. The van der Waals surface area contributed by atoms with Gasteiger partial charge in [0.25, 0.3) is 0 Å². The summed E-state index contributed by atoms with van der Waals surface area (Å²) in [4.78, 5) is 32.4. The smallest absolute Gasteiger partial charge is 0.221 e. The third kappa shape index (κ3) is 4.17. The van der Waals surface area contributed by atoms with Gasteiger partial charge in [0, 0.05) is 18.4 Å². The number of carbonyl (C=O) groups excluding carboxylic acids is 2. The predicted molar refractivity (Wildman–Crippen MR) is 102 cm³/mol. The number of carbonyl (C=O) groups is 2. The number of fused-ring (bicyclic) bond motifs is 1. The second-order valence-corrected chi connectivity index (χ2v) is 6.72. The molecule has 0 saturated carbocycles. The van der Waals surface area contributed by atoms with Gasteiger partial charge in [-0.1, -0.05) is 56.3 Å². The number of Topliss-reactive ketones (excluding diaryl/α,β-unsaturated/α-hetero) is 1. The number of imidazole rings is 1. The SMILES string of the molecule is CC(C)[C@@H](NC(=O)CCC(=O)c1ccccc1)c1nc2ccccc2[nH]1. The average molecular weight is 349 g/mol. The number of H-pyrrole nitrogens is 1. The zero-order valence-electron chi connectivity index (χ0n) is 15.0. The number of aromatic amines is 1. The number of para-hydroxylation sites is 2. The minimum absolute atomic E-state index is 0.0226. The average Bonchev–Trinajstić information content (AvgIpc) is 3.08. The largest absolute Gasteiger partial charge is 0.346 e. The summed E-state index contributed by atoms with van der Waals surface area (Å²) < 4.78 is 0. The summed E-state index contributed by atoms with van der Waals surface area (Å²) in [5.41, 5.74) is 2.46. The van der Waals surface area contributed by atoms with Crippen LogP contribution in [0.3, 0.4) is 0 Å². The minimum atomic E-state index is -0.221. The van der Waals surface area contributed by atoms with E-state index in [-0.39, 0.29) is 36.5 Å². The van der Waals surface area contributed by atoms with E-state index in [2.05, 4.69) is 15.3 Å². The Morgan fingerprint density at radius 2 is 1.69 bits per heavy atom. The third-order valence-electron chi connectivity index (χ3n) is 4.36. The van der Waals surface area contributed by atoms with Gasteiger partial charge in [-0.25, -0.2) is 4.98 Å². The van der Waals surface area contributed by atoms with Crippen molar-refractivity contribution in [3.05, 3.63) is 66.0 Å². The van der Waals surface area contributed by atoms with Gasteiger partial charge in [0.1, 0.15) is 5.82 Å². The lowest BCUT2D eigenvalue weighted by Crippen LogP contribution is -2.32. The molecular formula is C21H23N3O2. The molecule has 1 aromatic heterocycles. The molecule has 0 saturated heterocycles. The van der Waals surface area contributed by atoms with Crippen LogP contribution in [0.5, 0.6) is 0 Å². The highest BCUT2D eigenvalue weighted by Gasteiger charge is 2.22. The fourth-order valence-corrected chi connectivity index (χ4v) is 2.91. The van der Waals surface area contributed by atoms with Crippen molar-refractivity contribution in [3.63, 3.8) is 0 Å². The molecule has 5 heteroatoms. The maximum Gasteiger partial charge on any atom is 0.221 e. The van der Waals surface area contributed by atoms with Gasteiger partial charge in [-0.15, -0.1) is 0 Å². The molecule has 26 heavy (non-hydrogen) atoms. The first-order valence-electron chi connectivity index (χ1n) is 8.87. The van der Waals surface area contributed by atoms with Crippen molar-refractivity contribution < 1.29 is 9.59 Å². The van der Waals surface area contributed by atoms with E-state index in [1.165, 1.54) is 0 Å². The van der Waals surface area contributed by atoms with Crippen LogP contribution in [0.15, 0.2) is 54.6 Å². The molecule has 0 unspecified atom stereocenters. The standard InChI is InChI=1S/C21H23N3O2/c1-14(2)20(21-22-16-10-6-7-11-17(16)23-21)24-19(26)13-12-18(25)15-8-4-3-5-9-15/h3-11,14,20H,12-13H2,1-2H3,(H,22,23)(H,24,26)/t20-/m1/s1. The highest BCUT2D eigenvalue weighted by molar-refractivity contribution is 5.97. The van der Waals surface area contributed by atoms with Crippen LogP contribution in [0, 0.1) is 5.92 Å². The molecule has 2 N–H and O–H groups in total. The van der Waals surface area contributed by atoms with E-state index >= 15 is 0 Å². The lowest BCUT2D eigenvalue weighted by molar-refractivity contribution is -0.122. The maximum absolute atomic E-state index is 12.4. The first-order valence-corrected chi connectivity index (χ1v) is 8.87. The van der Waals surface area contributed by atoms with Crippen molar-refractivity contribution in [1.29, 1.82) is 0 Å². The van der Waals surface area contributed by atoms with Crippen molar-refractivity contribution >= 4 is 22.7 Å². The van der Waals surface area contributed by atoms with E-state index in [9.17, 15) is 9.59 Å². The fraction of sp³-hybridized carbons (Fsp3) is 0.286. The zero-order valence-corrected chi connectivity index (χ0v) is 15.0. The van der Waals surface area contributed by atoms with Crippen LogP contribution in [0.1, 0.15) is 48.9 Å². The van der Waals surface area contributed by atoms with Crippen LogP contribution in [0.25, 0.3) is 11.0 Å². The first kappa shape index (κ1) is 17.9. The third-order valence-corrected chi connectivity index (χ3v) is 4.36. The van der Waals surface area contributed by atoms with E-state index in [1.807, 2.05) is 56.3 Å². The molecule has 0 aliphatic heterocycles. The van der Waals surface area contributed by atoms with Gasteiger partial charge in [-0.2, -0.15) is 0 Å². The van der Waals surface area contributed by atoms with Gasteiger partial charge in [0.15, 0.2) is 5.78 Å². The van der Waals surface area contributed by atoms with E-state index in [0.29, 0.717) is 5.56 Å². The molecule has 2 aromatic carbocycles. The summed E-state index contributed by atoms with van der Waals surface area (Å²) >= 11 is 0. The Kier molecular flexibility index (Phi) is 5.46. The Hall–Kier alpha value is -2.95. The van der Waals surface area contributed by atoms with Gasteiger partial charge >= 0.3 is 0 Å². The van der Waals surface area contributed by atoms with Crippen LogP contribution in [0.2, 0.25) is 0 Å². The number of benzene rings is 2. The van der Waals surface area contributed by atoms with Crippen molar-refractivity contribution in [2.75, 3.05) is 0 Å². The van der Waals surface area contributed by atoms with Gasteiger partial charge in [0.05, 0.1) is 17.1 Å². The van der Waals surface area contributed by atoms with E-state index in [1.54, 1.807) is 12.1 Å². The van der Waals surface area contributed by atoms with Gasteiger partial charge in [0.2, 0.25) is 5.91 Å². The number of amides is 1. The van der Waals surface area contributed by atoms with Gasteiger partial charge in [-0.3, -0.25) is 9.59 Å². The summed E-state index contributed by atoms with van der Waals surface area (Å²) in [5, 5.41) is 3.02. The zero-order chi connectivity index (χ0) is 18.5. The Balaban J connectivity index is 1.64. The lowest BCUT2D eigenvalue weighted by atomic mass is 10.0. The minimum Gasteiger partial charge on any atom is -0.346 e. The summed E-state index contributed by atoms with van der Waals surface area (Å²) in [6, 6.07) is 16.6. The van der Waals surface area contributed by atoms with Gasteiger partial charge < -0.3 is 10.3 Å². The molecule has 0 radical (unpaired) electrons. The van der Waals surface area contributed by atoms with Crippen LogP contribution in [-0.2, 0) is 4.79 Å². The first-order chi connectivity index (χ1) is 12.5. The predicted octanol–water partition coefficient (Wildman–Crippen LogP) is 4.04. The Morgan fingerprint density at radius 1 is 1.00 bits per heavy atom. The molecule has 1 atom stereocenters. The number of hydrogen-bond acceptors (Lipinski definition) is 3. The van der Waals surface area contributed by atoms with Crippen molar-refractivity contribution in [2.45, 2.75) is 32.7 Å². The molecule has 0 aliphatic carbocycles. The van der Waals surface area contributed by atoms with E-state index in [4.69, 9.17) is 0 Å². The van der Waals surface area contributed by atoms with Crippen molar-refractivity contribution in [3.8, 4) is 0 Å². The van der Waals surface area contributed by atoms with Crippen LogP contribution >= 0.6 is 0 Å². The topological polar surface area (TPSA) is 74.8 Å². The maximum atomic E-state index is 12.4. The highest BCUT2D eigenvalue weighted by atomic mass is 16.2. The molecule has 0 aliphatic rings. The molecule has 1 heterocycles. The molecule has 1 amide bonds. The number of ketones is 1. The van der Waals surface area contributed by atoms with Crippen molar-refractivity contribution in [2.24, 2.45) is 5.92 Å². The highest BCUT2D eigenvalue weighted by Crippen LogP contribution is 2.22. The summed E-state index contributed by atoms with van der Waals surface area (Å²) in [6.45, 7) is 4.07. The summed E-state index contributed by atoms with van der Waals surface area (Å²) in [7, 11) is 0. The monoisotopic (exact) mass is 349 g/mol. The molecule has 0 fully saturated rings. The number of rotatable bonds is 7. The number of hydrogen-bond donors (Lipinski definition) is 2. The second kappa shape index (κ2) is 7.95. The number of aromatic nitrogens is 2. The van der Waals surface area contributed by atoms with Crippen LogP contribution < -0.4 is 5.32 Å². The molecule has 5 nitrogen and oxygen atoms in total. The normalized spacial score (nSPS) is 12.3. The Labute approximate surface area is 152 Å². The molecule has 0 spiro atoms. The number of nitrogens with zero attached hydrogens (tertiary/aromatic N) is 1.